The maximum atomic E-state index is 11.8. The molecule has 1 saturated heterocycles. The molecule has 1 aromatic heterocycles. The lowest BCUT2D eigenvalue weighted by Gasteiger charge is -2.28. The number of aromatic nitrogens is 2. The summed E-state index contributed by atoms with van der Waals surface area (Å²) in [4.78, 5) is 34.1. The zero-order valence-electron chi connectivity index (χ0n) is 17.1. The van der Waals surface area contributed by atoms with Crippen LogP contribution in [-0.4, -0.2) is 41.4 Å². The van der Waals surface area contributed by atoms with Gasteiger partial charge in [-0.3, -0.25) is 9.59 Å². The molecular weight excluding hydrogens is 394 g/mol. The summed E-state index contributed by atoms with van der Waals surface area (Å²) < 4.78 is 0. The predicted octanol–water partition coefficient (Wildman–Crippen LogP) is 2.31. The SMILES string of the molecule is Cc1cccc(Nc2nc(Nc3ccc(N4CCNC(=O)C4)cc3)ncc2C(N)=O)c1. The highest BCUT2D eigenvalue weighted by molar-refractivity contribution is 5.98. The van der Waals surface area contributed by atoms with Gasteiger partial charge in [0.25, 0.3) is 5.91 Å². The molecule has 0 bridgehead atoms. The molecule has 9 nitrogen and oxygen atoms in total. The van der Waals surface area contributed by atoms with Crippen LogP contribution < -0.4 is 26.6 Å². The Morgan fingerprint density at radius 3 is 2.65 bits per heavy atom. The number of carbonyl (C=O) groups is 2. The first kappa shape index (κ1) is 20.1. The molecule has 158 valence electrons. The summed E-state index contributed by atoms with van der Waals surface area (Å²) in [6.45, 7) is 3.73. The standard InChI is InChI=1S/C22H23N7O2/c1-14-3-2-4-16(11-14)26-21-18(20(23)31)12-25-22(28-21)27-15-5-7-17(8-6-15)29-10-9-24-19(30)13-29/h2-8,11-12H,9-10,13H2,1H3,(H2,23,31)(H,24,30)(H2,25,26,27,28). The van der Waals surface area contributed by atoms with E-state index in [0.717, 1.165) is 29.2 Å². The van der Waals surface area contributed by atoms with E-state index in [2.05, 4.69) is 25.9 Å². The molecule has 2 amide bonds. The minimum absolute atomic E-state index is 0.0185. The second-order valence-electron chi connectivity index (χ2n) is 7.26. The first-order valence-corrected chi connectivity index (χ1v) is 9.87. The fraction of sp³-hybridized carbons (Fsp3) is 0.182. The monoisotopic (exact) mass is 417 g/mol. The van der Waals surface area contributed by atoms with Crippen LogP contribution in [0, 0.1) is 6.92 Å². The summed E-state index contributed by atoms with van der Waals surface area (Å²) in [5, 5.41) is 9.09. The number of carbonyl (C=O) groups excluding carboxylic acids is 2. The fourth-order valence-corrected chi connectivity index (χ4v) is 3.32. The van der Waals surface area contributed by atoms with Crippen LogP contribution in [0.1, 0.15) is 15.9 Å². The van der Waals surface area contributed by atoms with Crippen molar-refractivity contribution in [2.75, 3.05) is 35.2 Å². The summed E-state index contributed by atoms with van der Waals surface area (Å²) in [5.74, 6) is 0.0541. The van der Waals surface area contributed by atoms with E-state index >= 15 is 0 Å². The molecule has 5 N–H and O–H groups in total. The molecule has 0 aliphatic carbocycles. The maximum Gasteiger partial charge on any atom is 0.254 e. The number of rotatable bonds is 6. The Hall–Kier alpha value is -4.14. The molecule has 0 atom stereocenters. The van der Waals surface area contributed by atoms with Gasteiger partial charge in [-0.15, -0.1) is 0 Å². The van der Waals surface area contributed by atoms with Crippen molar-refractivity contribution in [1.29, 1.82) is 0 Å². The van der Waals surface area contributed by atoms with Gasteiger partial charge in [-0.25, -0.2) is 4.98 Å². The third kappa shape index (κ3) is 4.89. The quantitative estimate of drug-likeness (QED) is 0.485. The van der Waals surface area contributed by atoms with Crippen LogP contribution in [0.5, 0.6) is 0 Å². The number of anilines is 5. The van der Waals surface area contributed by atoms with E-state index in [9.17, 15) is 9.59 Å². The van der Waals surface area contributed by atoms with Crippen LogP contribution in [0.2, 0.25) is 0 Å². The number of amides is 2. The van der Waals surface area contributed by atoms with Crippen LogP contribution in [0.25, 0.3) is 0 Å². The maximum absolute atomic E-state index is 11.8. The highest BCUT2D eigenvalue weighted by Gasteiger charge is 2.16. The van der Waals surface area contributed by atoms with Gasteiger partial charge in [-0.05, 0) is 48.9 Å². The first-order valence-electron chi connectivity index (χ1n) is 9.87. The van der Waals surface area contributed by atoms with Crippen molar-refractivity contribution in [2.45, 2.75) is 6.92 Å². The van der Waals surface area contributed by atoms with E-state index in [4.69, 9.17) is 5.73 Å². The molecule has 2 aromatic carbocycles. The molecule has 3 aromatic rings. The Balaban J connectivity index is 1.53. The summed E-state index contributed by atoms with van der Waals surface area (Å²) >= 11 is 0. The molecule has 0 unspecified atom stereocenters. The van der Waals surface area contributed by atoms with Crippen LogP contribution >= 0.6 is 0 Å². The highest BCUT2D eigenvalue weighted by atomic mass is 16.2. The molecule has 0 radical (unpaired) electrons. The number of aryl methyl sites for hydroxylation is 1. The van der Waals surface area contributed by atoms with E-state index in [-0.39, 0.29) is 11.5 Å². The number of nitrogens with two attached hydrogens (primary N) is 1. The minimum Gasteiger partial charge on any atom is -0.365 e. The van der Waals surface area contributed by atoms with E-state index in [1.54, 1.807) is 0 Å². The van der Waals surface area contributed by atoms with E-state index in [1.165, 1.54) is 6.20 Å². The van der Waals surface area contributed by atoms with Crippen LogP contribution in [-0.2, 0) is 4.79 Å². The third-order valence-electron chi connectivity index (χ3n) is 4.86. The number of primary amides is 1. The molecule has 0 saturated carbocycles. The van der Waals surface area contributed by atoms with Crippen molar-refractivity contribution in [2.24, 2.45) is 5.73 Å². The first-order chi connectivity index (χ1) is 15.0. The molecule has 1 aliphatic heterocycles. The Bertz CT molecular complexity index is 1120. The molecule has 4 rings (SSSR count). The van der Waals surface area contributed by atoms with Crippen molar-refractivity contribution < 1.29 is 9.59 Å². The van der Waals surface area contributed by atoms with Gasteiger partial charge < -0.3 is 26.6 Å². The van der Waals surface area contributed by atoms with Gasteiger partial charge in [0.15, 0.2) is 0 Å². The summed E-state index contributed by atoms with van der Waals surface area (Å²) in [6.07, 6.45) is 1.40. The molecule has 9 heteroatoms. The molecule has 1 aliphatic rings. The van der Waals surface area contributed by atoms with E-state index < -0.39 is 5.91 Å². The second kappa shape index (κ2) is 8.70. The van der Waals surface area contributed by atoms with Gasteiger partial charge in [-0.2, -0.15) is 4.98 Å². The van der Waals surface area contributed by atoms with E-state index in [0.29, 0.717) is 24.9 Å². The Labute approximate surface area is 179 Å². The zero-order valence-corrected chi connectivity index (χ0v) is 17.1. The summed E-state index contributed by atoms with van der Waals surface area (Å²) in [5.41, 5.74) is 9.29. The number of piperazine rings is 1. The number of hydrogen-bond donors (Lipinski definition) is 4. The molecule has 2 heterocycles. The van der Waals surface area contributed by atoms with Gasteiger partial charge in [0.05, 0.1) is 6.54 Å². The van der Waals surface area contributed by atoms with Crippen LogP contribution in [0.15, 0.2) is 54.7 Å². The molecule has 31 heavy (non-hydrogen) atoms. The Morgan fingerprint density at radius 1 is 1.13 bits per heavy atom. The number of nitrogens with one attached hydrogen (secondary N) is 3. The smallest absolute Gasteiger partial charge is 0.254 e. The normalized spacial score (nSPS) is 13.5. The topological polar surface area (TPSA) is 125 Å². The van der Waals surface area contributed by atoms with Gasteiger partial charge in [0, 0.05) is 36.3 Å². The second-order valence-corrected chi connectivity index (χ2v) is 7.26. The number of hydrogen-bond acceptors (Lipinski definition) is 7. The average molecular weight is 417 g/mol. The van der Waals surface area contributed by atoms with Crippen molar-refractivity contribution in [3.63, 3.8) is 0 Å². The van der Waals surface area contributed by atoms with Crippen LogP contribution in [0.3, 0.4) is 0 Å². The average Bonchev–Trinajstić information content (AvgIpc) is 2.74. The van der Waals surface area contributed by atoms with Crippen molar-refractivity contribution in [1.82, 2.24) is 15.3 Å². The van der Waals surface area contributed by atoms with Crippen molar-refractivity contribution in [3.05, 3.63) is 65.9 Å². The highest BCUT2D eigenvalue weighted by Crippen LogP contribution is 2.23. The fourth-order valence-electron chi connectivity index (χ4n) is 3.32. The Kier molecular flexibility index (Phi) is 5.65. The van der Waals surface area contributed by atoms with E-state index in [1.807, 2.05) is 60.4 Å². The van der Waals surface area contributed by atoms with Crippen molar-refractivity contribution in [3.8, 4) is 0 Å². The zero-order chi connectivity index (χ0) is 21.8. The molecule has 0 spiro atoms. The van der Waals surface area contributed by atoms with Crippen LogP contribution in [0.4, 0.5) is 28.8 Å². The van der Waals surface area contributed by atoms with Gasteiger partial charge in [0.2, 0.25) is 11.9 Å². The van der Waals surface area contributed by atoms with Gasteiger partial charge in [-0.1, -0.05) is 12.1 Å². The lowest BCUT2D eigenvalue weighted by molar-refractivity contribution is -0.120. The van der Waals surface area contributed by atoms with Gasteiger partial charge in [0.1, 0.15) is 11.4 Å². The summed E-state index contributed by atoms with van der Waals surface area (Å²) in [6, 6.07) is 15.4. The predicted molar refractivity (Wildman–Crippen MR) is 120 cm³/mol. The Morgan fingerprint density at radius 2 is 1.94 bits per heavy atom. The summed E-state index contributed by atoms with van der Waals surface area (Å²) in [7, 11) is 0. The number of benzene rings is 2. The lowest BCUT2D eigenvalue weighted by Crippen LogP contribution is -2.47. The minimum atomic E-state index is -0.614. The van der Waals surface area contributed by atoms with Crippen molar-refractivity contribution >= 4 is 40.6 Å². The largest absolute Gasteiger partial charge is 0.365 e. The molecular formula is C22H23N7O2. The molecule has 1 fully saturated rings. The third-order valence-corrected chi connectivity index (χ3v) is 4.86. The lowest BCUT2D eigenvalue weighted by atomic mass is 10.2. The number of nitrogens with zero attached hydrogens (tertiary/aromatic N) is 3. The van der Waals surface area contributed by atoms with Gasteiger partial charge >= 0.3 is 0 Å².